The fourth-order valence-corrected chi connectivity index (χ4v) is 3.67. The van der Waals surface area contributed by atoms with Crippen molar-refractivity contribution in [3.05, 3.63) is 28.3 Å². The Labute approximate surface area is 120 Å². The molecule has 114 valence electrons. The number of aromatic hydroxyl groups is 1. The lowest BCUT2D eigenvalue weighted by Crippen LogP contribution is -2.38. The van der Waals surface area contributed by atoms with Crippen LogP contribution in [0.3, 0.4) is 0 Å². The van der Waals surface area contributed by atoms with Crippen LogP contribution >= 0.6 is 0 Å². The highest BCUT2D eigenvalue weighted by atomic mass is 32.2. The number of phenols is 1. The molecule has 1 unspecified atom stereocenters. The number of hydrogen-bond acceptors (Lipinski definition) is 6. The van der Waals surface area contributed by atoms with Gasteiger partial charge in [-0.2, -0.15) is 0 Å². The minimum atomic E-state index is -3.10. The number of benzene rings is 1. The smallest absolute Gasteiger partial charge is 0.319 e. The second-order valence-electron chi connectivity index (χ2n) is 4.66. The van der Waals surface area contributed by atoms with E-state index >= 15 is 0 Å². The fraction of sp³-hybridized carbons (Fsp3) is 0.364. The molecule has 1 aliphatic heterocycles. The predicted molar refractivity (Wildman–Crippen MR) is 74.0 cm³/mol. The first-order chi connectivity index (χ1) is 9.77. The summed E-state index contributed by atoms with van der Waals surface area (Å²) in [6.07, 6.45) is 0.335. The number of hydrogen-bond donors (Lipinski definition) is 3. The van der Waals surface area contributed by atoms with E-state index in [2.05, 4.69) is 10.6 Å². The summed E-state index contributed by atoms with van der Waals surface area (Å²) >= 11 is 0. The molecule has 9 nitrogen and oxygen atoms in total. The minimum absolute atomic E-state index is 0.000968. The number of nitrogens with one attached hydrogen (secondary N) is 2. The molecule has 0 saturated carbocycles. The Hall–Kier alpha value is -2.36. The number of urea groups is 1. The lowest BCUT2D eigenvalue weighted by atomic mass is 10.2. The standard InChI is InChI=1S/C11H13N3O6S/c15-10-5-8(14(17)18)1-2-9(10)13-11(16)12-7-3-4-21(19,20)6-7/h1-2,5,7,15H,3-4,6H2,(H2,12,13,16). The summed E-state index contributed by atoms with van der Waals surface area (Å²) in [5.41, 5.74) is -0.306. The van der Waals surface area contributed by atoms with Gasteiger partial charge in [0.1, 0.15) is 5.75 Å². The molecule has 2 rings (SSSR count). The zero-order valence-electron chi connectivity index (χ0n) is 10.8. The molecule has 1 saturated heterocycles. The summed E-state index contributed by atoms with van der Waals surface area (Å²) in [4.78, 5) is 21.5. The number of amides is 2. The van der Waals surface area contributed by atoms with Crippen molar-refractivity contribution in [3.8, 4) is 5.75 Å². The number of nitro groups is 1. The molecule has 0 aromatic heterocycles. The Morgan fingerprint density at radius 3 is 2.67 bits per heavy atom. The van der Waals surface area contributed by atoms with Crippen LogP contribution in [0.1, 0.15) is 6.42 Å². The topological polar surface area (TPSA) is 139 Å². The molecule has 0 aliphatic carbocycles. The molecule has 3 N–H and O–H groups in total. The molecule has 10 heteroatoms. The molecular formula is C11H13N3O6S. The van der Waals surface area contributed by atoms with Gasteiger partial charge in [0, 0.05) is 12.1 Å². The second-order valence-corrected chi connectivity index (χ2v) is 6.89. The first kappa shape index (κ1) is 15.0. The zero-order valence-corrected chi connectivity index (χ0v) is 11.6. The number of phenolic OH excluding ortho intramolecular Hbond substituents is 1. The van der Waals surface area contributed by atoms with Gasteiger partial charge in [-0.15, -0.1) is 0 Å². The van der Waals surface area contributed by atoms with Gasteiger partial charge in [0.2, 0.25) is 0 Å². The van der Waals surface area contributed by atoms with Gasteiger partial charge in [-0.25, -0.2) is 13.2 Å². The predicted octanol–water partition coefficient (Wildman–Crippen LogP) is 0.609. The van der Waals surface area contributed by atoms with Crippen molar-refractivity contribution >= 4 is 27.2 Å². The molecule has 0 bridgehead atoms. The quantitative estimate of drug-likeness (QED) is 0.424. The molecule has 0 spiro atoms. The van der Waals surface area contributed by atoms with E-state index in [1.807, 2.05) is 0 Å². The first-order valence-electron chi connectivity index (χ1n) is 6.02. The zero-order chi connectivity index (χ0) is 15.6. The van der Waals surface area contributed by atoms with E-state index in [1.54, 1.807) is 0 Å². The number of nitro benzene ring substituents is 1. The van der Waals surface area contributed by atoms with E-state index < -0.39 is 32.6 Å². The van der Waals surface area contributed by atoms with E-state index in [0.717, 1.165) is 12.1 Å². The third-order valence-electron chi connectivity index (χ3n) is 3.01. The van der Waals surface area contributed by atoms with Crippen LogP contribution in [-0.2, 0) is 9.84 Å². The third kappa shape index (κ3) is 3.81. The molecule has 21 heavy (non-hydrogen) atoms. The van der Waals surface area contributed by atoms with E-state index in [0.29, 0.717) is 6.42 Å². The summed E-state index contributed by atoms with van der Waals surface area (Å²) in [5.74, 6) is -0.536. The van der Waals surface area contributed by atoms with Crippen LogP contribution in [0.15, 0.2) is 18.2 Å². The molecule has 1 aromatic rings. The lowest BCUT2D eigenvalue weighted by Gasteiger charge is -2.12. The van der Waals surface area contributed by atoms with Crippen LogP contribution < -0.4 is 10.6 Å². The van der Waals surface area contributed by atoms with Crippen molar-refractivity contribution < 1.29 is 23.2 Å². The fourth-order valence-electron chi connectivity index (χ4n) is 1.99. The van der Waals surface area contributed by atoms with Gasteiger partial charge in [0.15, 0.2) is 9.84 Å². The van der Waals surface area contributed by atoms with Crippen LogP contribution in [0.4, 0.5) is 16.2 Å². The maximum absolute atomic E-state index is 11.7. The van der Waals surface area contributed by atoms with Crippen LogP contribution in [0, 0.1) is 10.1 Å². The summed E-state index contributed by atoms with van der Waals surface area (Å²) in [5, 5.41) is 24.9. The van der Waals surface area contributed by atoms with Crippen LogP contribution in [0.5, 0.6) is 5.75 Å². The number of nitrogens with zero attached hydrogens (tertiary/aromatic N) is 1. The van der Waals surface area contributed by atoms with Crippen molar-refractivity contribution in [2.75, 3.05) is 16.8 Å². The normalized spacial score (nSPS) is 19.9. The number of sulfone groups is 1. The van der Waals surface area contributed by atoms with E-state index in [9.17, 15) is 28.4 Å². The Balaban J connectivity index is 1.98. The van der Waals surface area contributed by atoms with Gasteiger partial charge in [0.25, 0.3) is 5.69 Å². The van der Waals surface area contributed by atoms with Gasteiger partial charge >= 0.3 is 6.03 Å². The summed E-state index contributed by atoms with van der Waals surface area (Å²) in [6.45, 7) is 0. The lowest BCUT2D eigenvalue weighted by molar-refractivity contribution is -0.384. The molecule has 2 amide bonds. The van der Waals surface area contributed by atoms with E-state index in [-0.39, 0.29) is 22.9 Å². The number of rotatable bonds is 3. The van der Waals surface area contributed by atoms with Crippen molar-refractivity contribution in [1.82, 2.24) is 5.32 Å². The second kappa shape index (κ2) is 5.56. The van der Waals surface area contributed by atoms with E-state index in [1.165, 1.54) is 6.07 Å². The van der Waals surface area contributed by atoms with Gasteiger partial charge < -0.3 is 15.7 Å². The summed E-state index contributed by atoms with van der Waals surface area (Å²) in [7, 11) is -3.10. The highest BCUT2D eigenvalue weighted by Crippen LogP contribution is 2.27. The van der Waals surface area contributed by atoms with Crippen molar-refractivity contribution in [1.29, 1.82) is 0 Å². The Morgan fingerprint density at radius 2 is 2.14 bits per heavy atom. The first-order valence-corrected chi connectivity index (χ1v) is 7.84. The van der Waals surface area contributed by atoms with Crippen molar-refractivity contribution in [2.45, 2.75) is 12.5 Å². The summed E-state index contributed by atoms with van der Waals surface area (Å²) < 4.78 is 22.5. The largest absolute Gasteiger partial charge is 0.506 e. The molecule has 1 aliphatic rings. The maximum atomic E-state index is 11.7. The van der Waals surface area contributed by atoms with Crippen LogP contribution in [0.25, 0.3) is 0 Å². The average Bonchev–Trinajstić information content (AvgIpc) is 2.70. The van der Waals surface area contributed by atoms with Gasteiger partial charge in [-0.1, -0.05) is 0 Å². The minimum Gasteiger partial charge on any atom is -0.506 e. The molecule has 0 radical (unpaired) electrons. The average molecular weight is 315 g/mol. The maximum Gasteiger partial charge on any atom is 0.319 e. The molecule has 1 atom stereocenters. The van der Waals surface area contributed by atoms with Crippen molar-refractivity contribution in [2.24, 2.45) is 0 Å². The molecule has 1 fully saturated rings. The molecular weight excluding hydrogens is 302 g/mol. The van der Waals surface area contributed by atoms with E-state index in [4.69, 9.17) is 0 Å². The number of carbonyl (C=O) groups is 1. The number of non-ortho nitro benzene ring substituents is 1. The Kier molecular flexibility index (Phi) is 3.98. The van der Waals surface area contributed by atoms with Gasteiger partial charge in [0.05, 0.1) is 28.2 Å². The van der Waals surface area contributed by atoms with Crippen LogP contribution in [0.2, 0.25) is 0 Å². The monoisotopic (exact) mass is 315 g/mol. The van der Waals surface area contributed by atoms with Crippen LogP contribution in [-0.4, -0.2) is 42.0 Å². The highest BCUT2D eigenvalue weighted by molar-refractivity contribution is 7.91. The van der Waals surface area contributed by atoms with Gasteiger partial charge in [-0.05, 0) is 12.5 Å². The number of anilines is 1. The summed E-state index contributed by atoms with van der Waals surface area (Å²) in [6, 6.07) is 2.08. The van der Waals surface area contributed by atoms with Gasteiger partial charge in [-0.3, -0.25) is 10.1 Å². The number of carbonyl (C=O) groups excluding carboxylic acids is 1. The Morgan fingerprint density at radius 1 is 1.43 bits per heavy atom. The molecule has 1 aromatic carbocycles. The SMILES string of the molecule is O=C(Nc1ccc([N+](=O)[O-])cc1O)NC1CCS(=O)(=O)C1. The molecule has 1 heterocycles. The van der Waals surface area contributed by atoms with Crippen molar-refractivity contribution in [3.63, 3.8) is 0 Å². The highest BCUT2D eigenvalue weighted by Gasteiger charge is 2.29. The Bertz CT molecular complexity index is 687. The third-order valence-corrected chi connectivity index (χ3v) is 4.78.